The molecule has 2 aliphatic heterocycles. The van der Waals surface area contributed by atoms with Gasteiger partial charge in [0.1, 0.15) is 17.6 Å². The maximum Gasteiger partial charge on any atom is 0.337 e. The minimum Gasteiger partial charge on any atom is -0.493 e. The topological polar surface area (TPSA) is 108 Å². The summed E-state index contributed by atoms with van der Waals surface area (Å²) in [5, 5.41) is 14.5. The molecule has 3 heterocycles. The molecule has 2 aliphatic rings. The van der Waals surface area contributed by atoms with E-state index in [0.717, 1.165) is 22.5 Å². The van der Waals surface area contributed by atoms with Gasteiger partial charge in [0, 0.05) is 17.2 Å². The fourth-order valence-electron chi connectivity index (χ4n) is 4.05. The Balaban J connectivity index is 1.81. The van der Waals surface area contributed by atoms with Gasteiger partial charge in [0.05, 0.1) is 32.6 Å². The Hall–Kier alpha value is -3.75. The lowest BCUT2D eigenvalue weighted by Crippen LogP contribution is -2.20. The molecule has 9 nitrogen and oxygen atoms in total. The fraction of sp³-hybridized carbons (Fsp3) is 0.250. The standard InChI is InChI=1S/C20H18N4O5/c1-26-13-6-9(7-14(27-2)19(13)28-3)15-16-10(4-5-11-18(16)23-24-22-11)21-12-8-29-20(25)17(12)15/h4-7,15,21H,8H2,1-3H3,(H,22,23,24). The van der Waals surface area contributed by atoms with Crippen LogP contribution < -0.4 is 19.5 Å². The van der Waals surface area contributed by atoms with Crippen molar-refractivity contribution in [3.05, 3.63) is 46.7 Å². The molecule has 0 radical (unpaired) electrons. The first-order chi connectivity index (χ1) is 14.2. The van der Waals surface area contributed by atoms with E-state index in [2.05, 4.69) is 20.7 Å². The number of benzene rings is 2. The minimum absolute atomic E-state index is 0.200. The van der Waals surface area contributed by atoms with Crippen molar-refractivity contribution in [3.63, 3.8) is 0 Å². The molecule has 0 aliphatic carbocycles. The van der Waals surface area contributed by atoms with Crippen LogP contribution in [-0.2, 0) is 9.53 Å². The quantitative estimate of drug-likeness (QED) is 0.650. The molecule has 2 aromatic carbocycles. The Morgan fingerprint density at radius 2 is 1.83 bits per heavy atom. The molecule has 5 rings (SSSR count). The molecule has 1 atom stereocenters. The van der Waals surface area contributed by atoms with Crippen LogP contribution in [0.4, 0.5) is 5.69 Å². The van der Waals surface area contributed by atoms with E-state index >= 15 is 0 Å². The second kappa shape index (κ2) is 6.40. The Morgan fingerprint density at radius 1 is 1.07 bits per heavy atom. The van der Waals surface area contributed by atoms with E-state index in [1.807, 2.05) is 24.3 Å². The zero-order chi connectivity index (χ0) is 20.1. The number of aromatic nitrogens is 3. The van der Waals surface area contributed by atoms with Gasteiger partial charge in [0.25, 0.3) is 0 Å². The molecule has 0 amide bonds. The third-order valence-corrected chi connectivity index (χ3v) is 5.30. The van der Waals surface area contributed by atoms with E-state index < -0.39 is 5.92 Å². The van der Waals surface area contributed by atoms with Gasteiger partial charge < -0.3 is 24.3 Å². The summed E-state index contributed by atoms with van der Waals surface area (Å²) in [4.78, 5) is 12.7. The van der Waals surface area contributed by atoms with Crippen LogP contribution in [0.15, 0.2) is 35.5 Å². The number of nitrogens with one attached hydrogen (secondary N) is 2. The second-order valence-corrected chi connectivity index (χ2v) is 6.70. The highest BCUT2D eigenvalue weighted by Crippen LogP contribution is 2.49. The lowest BCUT2D eigenvalue weighted by molar-refractivity contribution is -0.136. The molecule has 0 bridgehead atoms. The van der Waals surface area contributed by atoms with Crippen molar-refractivity contribution >= 4 is 22.7 Å². The number of cyclic esters (lactones) is 1. The van der Waals surface area contributed by atoms with Crippen molar-refractivity contribution < 1.29 is 23.7 Å². The lowest BCUT2D eigenvalue weighted by atomic mass is 9.80. The Kier molecular flexibility index (Phi) is 3.83. The highest BCUT2D eigenvalue weighted by atomic mass is 16.5. The van der Waals surface area contributed by atoms with Gasteiger partial charge in [-0.15, -0.1) is 0 Å². The van der Waals surface area contributed by atoms with Gasteiger partial charge in [-0.05, 0) is 29.8 Å². The van der Waals surface area contributed by atoms with Crippen LogP contribution >= 0.6 is 0 Å². The molecule has 0 saturated heterocycles. The number of fused-ring (bicyclic) bond motifs is 3. The molecule has 29 heavy (non-hydrogen) atoms. The minimum atomic E-state index is -0.432. The summed E-state index contributed by atoms with van der Waals surface area (Å²) >= 11 is 0. The van der Waals surface area contributed by atoms with E-state index in [9.17, 15) is 4.79 Å². The highest BCUT2D eigenvalue weighted by Gasteiger charge is 2.40. The third kappa shape index (κ3) is 2.43. The van der Waals surface area contributed by atoms with E-state index in [-0.39, 0.29) is 12.6 Å². The number of carbonyl (C=O) groups excluding carboxylic acids is 1. The van der Waals surface area contributed by atoms with Gasteiger partial charge in [-0.3, -0.25) is 0 Å². The third-order valence-electron chi connectivity index (χ3n) is 5.30. The van der Waals surface area contributed by atoms with Crippen molar-refractivity contribution in [3.8, 4) is 17.2 Å². The maximum absolute atomic E-state index is 12.7. The van der Waals surface area contributed by atoms with Gasteiger partial charge in [0.15, 0.2) is 11.5 Å². The number of carbonyl (C=O) groups is 1. The molecule has 0 saturated carbocycles. The predicted molar refractivity (Wildman–Crippen MR) is 103 cm³/mol. The van der Waals surface area contributed by atoms with E-state index in [1.54, 1.807) is 21.3 Å². The number of nitrogens with zero attached hydrogens (tertiary/aromatic N) is 2. The van der Waals surface area contributed by atoms with Crippen molar-refractivity contribution in [2.75, 3.05) is 33.3 Å². The van der Waals surface area contributed by atoms with Gasteiger partial charge in [-0.1, -0.05) is 0 Å². The van der Waals surface area contributed by atoms with Gasteiger partial charge in [-0.2, -0.15) is 15.4 Å². The van der Waals surface area contributed by atoms with Crippen LogP contribution in [0.5, 0.6) is 17.2 Å². The molecule has 2 N–H and O–H groups in total. The Labute approximate surface area is 165 Å². The number of rotatable bonds is 4. The van der Waals surface area contributed by atoms with Gasteiger partial charge in [0.2, 0.25) is 5.75 Å². The van der Waals surface area contributed by atoms with Gasteiger partial charge in [-0.25, -0.2) is 4.79 Å². The molecule has 148 valence electrons. The first-order valence-electron chi connectivity index (χ1n) is 8.96. The summed E-state index contributed by atoms with van der Waals surface area (Å²) in [6, 6.07) is 7.49. The number of aromatic amines is 1. The molecular formula is C20H18N4O5. The summed E-state index contributed by atoms with van der Waals surface area (Å²) in [6.07, 6.45) is 0. The predicted octanol–water partition coefficient (Wildman–Crippen LogP) is 2.35. The number of methoxy groups -OCH3 is 3. The SMILES string of the molecule is COc1cc(C2C3=C(COC3=O)Nc3ccc4n[nH]nc4c32)cc(OC)c1OC. The second-order valence-electron chi connectivity index (χ2n) is 6.70. The highest BCUT2D eigenvalue weighted by molar-refractivity contribution is 6.00. The van der Waals surface area contributed by atoms with Gasteiger partial charge >= 0.3 is 5.97 Å². The van der Waals surface area contributed by atoms with Crippen LogP contribution in [0.25, 0.3) is 11.0 Å². The van der Waals surface area contributed by atoms with Crippen LogP contribution in [0.3, 0.4) is 0 Å². The first-order valence-corrected chi connectivity index (χ1v) is 8.96. The molecule has 0 spiro atoms. The van der Waals surface area contributed by atoms with Crippen LogP contribution in [0, 0.1) is 0 Å². The first kappa shape index (κ1) is 17.4. The zero-order valence-electron chi connectivity index (χ0n) is 16.0. The Morgan fingerprint density at radius 3 is 2.52 bits per heavy atom. The Bertz CT molecular complexity index is 1160. The van der Waals surface area contributed by atoms with E-state index in [0.29, 0.717) is 33.9 Å². The fourth-order valence-corrected chi connectivity index (χ4v) is 4.05. The number of esters is 1. The summed E-state index contributed by atoms with van der Waals surface area (Å²) in [7, 11) is 4.66. The summed E-state index contributed by atoms with van der Waals surface area (Å²) in [5.74, 6) is 0.692. The molecule has 3 aromatic rings. The summed E-state index contributed by atoms with van der Waals surface area (Å²) < 4.78 is 21.8. The van der Waals surface area contributed by atoms with E-state index in [1.165, 1.54) is 0 Å². The molecule has 1 unspecified atom stereocenters. The lowest BCUT2D eigenvalue weighted by Gasteiger charge is -2.28. The number of hydrogen-bond acceptors (Lipinski definition) is 8. The average Bonchev–Trinajstić information content (AvgIpc) is 3.37. The van der Waals surface area contributed by atoms with Crippen molar-refractivity contribution in [2.24, 2.45) is 0 Å². The number of H-pyrrole nitrogens is 1. The summed E-state index contributed by atoms with van der Waals surface area (Å²) in [6.45, 7) is 0.200. The van der Waals surface area contributed by atoms with Crippen LogP contribution in [0.1, 0.15) is 17.0 Å². The number of ether oxygens (including phenoxy) is 4. The normalized spacial score (nSPS) is 17.5. The number of hydrogen-bond donors (Lipinski definition) is 2. The smallest absolute Gasteiger partial charge is 0.337 e. The molecule has 1 aromatic heterocycles. The molecular weight excluding hydrogens is 376 g/mol. The number of anilines is 1. The maximum atomic E-state index is 12.7. The van der Waals surface area contributed by atoms with Crippen LogP contribution in [0.2, 0.25) is 0 Å². The van der Waals surface area contributed by atoms with Crippen molar-refractivity contribution in [1.82, 2.24) is 15.4 Å². The molecule has 9 heteroatoms. The zero-order valence-corrected chi connectivity index (χ0v) is 16.0. The largest absolute Gasteiger partial charge is 0.493 e. The van der Waals surface area contributed by atoms with Crippen molar-refractivity contribution in [2.45, 2.75) is 5.92 Å². The summed E-state index contributed by atoms with van der Waals surface area (Å²) in [5.41, 5.74) is 5.15. The van der Waals surface area contributed by atoms with Crippen LogP contribution in [-0.4, -0.2) is 49.3 Å². The monoisotopic (exact) mass is 394 g/mol. The van der Waals surface area contributed by atoms with E-state index in [4.69, 9.17) is 18.9 Å². The van der Waals surface area contributed by atoms with Crippen molar-refractivity contribution in [1.29, 1.82) is 0 Å². The average molecular weight is 394 g/mol. The molecule has 0 fully saturated rings.